The Morgan fingerprint density at radius 3 is 2.86 bits per heavy atom. The number of anilines is 3. The van der Waals surface area contributed by atoms with E-state index in [0.29, 0.717) is 11.4 Å². The minimum absolute atomic E-state index is 0.273. The van der Waals surface area contributed by atoms with E-state index < -0.39 is 5.97 Å². The Morgan fingerprint density at radius 2 is 2.19 bits per heavy atom. The van der Waals surface area contributed by atoms with Crippen molar-refractivity contribution in [1.29, 1.82) is 0 Å². The van der Waals surface area contributed by atoms with Gasteiger partial charge in [0.1, 0.15) is 0 Å². The first-order valence-corrected chi connectivity index (χ1v) is 7.24. The summed E-state index contributed by atoms with van der Waals surface area (Å²) in [6.07, 6.45) is 2.38. The van der Waals surface area contributed by atoms with E-state index in [4.69, 9.17) is 10.5 Å². The zero-order valence-corrected chi connectivity index (χ0v) is 13.4. The first-order chi connectivity index (χ1) is 10.1. The molecule has 21 heavy (non-hydrogen) atoms. The predicted molar refractivity (Wildman–Crippen MR) is 86.8 cm³/mol. The molecule has 0 spiro atoms. The molecule has 0 atom stereocenters. The van der Waals surface area contributed by atoms with Gasteiger partial charge in [-0.1, -0.05) is 22.9 Å². The average Bonchev–Trinajstić information content (AvgIpc) is 2.50. The molecule has 0 aliphatic carbocycles. The van der Waals surface area contributed by atoms with E-state index in [1.54, 1.807) is 0 Å². The van der Waals surface area contributed by atoms with E-state index >= 15 is 0 Å². The summed E-state index contributed by atoms with van der Waals surface area (Å²) >= 11 is 3.45. The molecular formula is C15H16BrN3O2. The maximum absolute atomic E-state index is 11.6. The number of carbonyl (C=O) groups excluding carboxylic acids is 1. The molecule has 2 rings (SSSR count). The van der Waals surface area contributed by atoms with Crippen LogP contribution >= 0.6 is 15.9 Å². The van der Waals surface area contributed by atoms with Gasteiger partial charge in [0.15, 0.2) is 5.82 Å². The summed E-state index contributed by atoms with van der Waals surface area (Å²) in [6.45, 7) is 2.06. The topological polar surface area (TPSA) is 77.2 Å². The van der Waals surface area contributed by atoms with Gasteiger partial charge in [-0.2, -0.15) is 0 Å². The highest BCUT2D eigenvalue weighted by Gasteiger charge is 2.14. The van der Waals surface area contributed by atoms with Crippen LogP contribution in [0.2, 0.25) is 0 Å². The van der Waals surface area contributed by atoms with Crippen LogP contribution in [0.25, 0.3) is 0 Å². The van der Waals surface area contributed by atoms with Crippen molar-refractivity contribution >= 4 is 39.1 Å². The normalized spacial score (nSPS) is 10.2. The van der Waals surface area contributed by atoms with Crippen LogP contribution in [0.1, 0.15) is 22.8 Å². The number of carbonyl (C=O) groups is 1. The number of nitrogen functional groups attached to an aromatic ring is 1. The lowest BCUT2D eigenvalue weighted by atomic mass is 10.1. The van der Waals surface area contributed by atoms with Gasteiger partial charge in [-0.15, -0.1) is 0 Å². The van der Waals surface area contributed by atoms with Gasteiger partial charge in [-0.25, -0.2) is 9.78 Å². The monoisotopic (exact) mass is 349 g/mol. The number of aromatic nitrogens is 1. The molecule has 0 unspecified atom stereocenters. The third-order valence-electron chi connectivity index (χ3n) is 3.10. The van der Waals surface area contributed by atoms with Crippen LogP contribution in [0, 0.1) is 0 Å². The van der Waals surface area contributed by atoms with E-state index in [-0.39, 0.29) is 5.69 Å². The number of nitrogens with two attached hydrogens (primary N) is 1. The number of nitrogens with one attached hydrogen (secondary N) is 1. The Balaban J connectivity index is 2.38. The molecule has 0 fully saturated rings. The number of hydrogen-bond acceptors (Lipinski definition) is 5. The molecule has 2 aromatic rings. The number of pyridine rings is 1. The van der Waals surface area contributed by atoms with Crippen molar-refractivity contribution in [1.82, 2.24) is 4.98 Å². The van der Waals surface area contributed by atoms with Crippen molar-refractivity contribution in [2.24, 2.45) is 0 Å². The molecule has 0 saturated heterocycles. The second-order valence-electron chi connectivity index (χ2n) is 4.39. The lowest BCUT2D eigenvalue weighted by molar-refractivity contribution is 0.0602. The fourth-order valence-corrected chi connectivity index (χ4v) is 2.37. The molecule has 110 valence electrons. The standard InChI is InChI=1S/C15H16BrN3O2/c1-3-9-8-10(16)4-5-12(9)19-14-13(17)11(6-7-18-14)15(20)21-2/h4-8H,3,17H2,1-2H3,(H,18,19). The lowest BCUT2D eigenvalue weighted by Crippen LogP contribution is -2.09. The Morgan fingerprint density at radius 1 is 1.43 bits per heavy atom. The number of hydrogen-bond donors (Lipinski definition) is 2. The minimum atomic E-state index is -0.482. The van der Waals surface area contributed by atoms with Crippen LogP contribution in [0.3, 0.4) is 0 Å². The van der Waals surface area contributed by atoms with Crippen LogP contribution in [0.4, 0.5) is 17.2 Å². The molecule has 0 amide bonds. The van der Waals surface area contributed by atoms with E-state index in [9.17, 15) is 4.79 Å². The average molecular weight is 350 g/mol. The molecule has 6 heteroatoms. The number of aryl methyl sites for hydroxylation is 1. The van der Waals surface area contributed by atoms with Gasteiger partial charge in [0.2, 0.25) is 0 Å². The van der Waals surface area contributed by atoms with E-state index in [1.807, 2.05) is 18.2 Å². The number of halogens is 1. The fraction of sp³-hybridized carbons (Fsp3) is 0.200. The summed E-state index contributed by atoms with van der Waals surface area (Å²) in [4.78, 5) is 15.8. The number of nitrogens with zero attached hydrogens (tertiary/aromatic N) is 1. The highest BCUT2D eigenvalue weighted by molar-refractivity contribution is 9.10. The summed E-state index contributed by atoms with van der Waals surface area (Å²) in [5.74, 6) is -0.0422. The van der Waals surface area contributed by atoms with Crippen molar-refractivity contribution < 1.29 is 9.53 Å². The maximum atomic E-state index is 11.6. The Kier molecular flexibility index (Phi) is 4.80. The van der Waals surface area contributed by atoms with Gasteiger partial charge in [0.05, 0.1) is 18.4 Å². The van der Waals surface area contributed by atoms with Gasteiger partial charge in [0, 0.05) is 16.4 Å². The highest BCUT2D eigenvalue weighted by atomic mass is 79.9. The van der Waals surface area contributed by atoms with Gasteiger partial charge >= 0.3 is 5.97 Å². The summed E-state index contributed by atoms with van der Waals surface area (Å²) in [6, 6.07) is 7.44. The zero-order chi connectivity index (χ0) is 15.4. The van der Waals surface area contributed by atoms with Gasteiger partial charge in [-0.05, 0) is 36.2 Å². The fourth-order valence-electron chi connectivity index (χ4n) is 1.97. The predicted octanol–water partition coefficient (Wildman–Crippen LogP) is 3.52. The molecule has 0 aliphatic rings. The Hall–Kier alpha value is -2.08. The molecule has 1 aromatic heterocycles. The first kappa shape index (κ1) is 15.3. The van der Waals surface area contributed by atoms with Crippen LogP contribution in [-0.2, 0) is 11.2 Å². The van der Waals surface area contributed by atoms with Crippen LogP contribution < -0.4 is 11.1 Å². The SMILES string of the molecule is CCc1cc(Br)ccc1Nc1nccc(C(=O)OC)c1N. The second kappa shape index (κ2) is 6.58. The third-order valence-corrected chi connectivity index (χ3v) is 3.59. The number of methoxy groups -OCH3 is 1. The largest absolute Gasteiger partial charge is 0.465 e. The van der Waals surface area contributed by atoms with Crippen molar-refractivity contribution in [3.63, 3.8) is 0 Å². The number of esters is 1. The molecule has 5 nitrogen and oxygen atoms in total. The van der Waals surface area contributed by atoms with Crippen LogP contribution in [-0.4, -0.2) is 18.1 Å². The quantitative estimate of drug-likeness (QED) is 0.825. The number of benzene rings is 1. The molecule has 0 radical (unpaired) electrons. The maximum Gasteiger partial charge on any atom is 0.340 e. The van der Waals surface area contributed by atoms with Gasteiger partial charge in [-0.3, -0.25) is 0 Å². The molecule has 0 aliphatic heterocycles. The molecule has 0 saturated carbocycles. The summed E-state index contributed by atoms with van der Waals surface area (Å²) in [7, 11) is 1.32. The van der Waals surface area contributed by atoms with Gasteiger partial charge < -0.3 is 15.8 Å². The lowest BCUT2D eigenvalue weighted by Gasteiger charge is -2.14. The van der Waals surface area contributed by atoms with Gasteiger partial charge in [0.25, 0.3) is 0 Å². The molecular weight excluding hydrogens is 334 g/mol. The van der Waals surface area contributed by atoms with E-state index in [0.717, 1.165) is 22.1 Å². The second-order valence-corrected chi connectivity index (χ2v) is 5.31. The molecule has 1 heterocycles. The Bertz CT molecular complexity index is 674. The van der Waals surface area contributed by atoms with Crippen LogP contribution in [0.5, 0.6) is 0 Å². The highest BCUT2D eigenvalue weighted by Crippen LogP contribution is 2.28. The van der Waals surface area contributed by atoms with Crippen molar-refractivity contribution in [2.75, 3.05) is 18.2 Å². The first-order valence-electron chi connectivity index (χ1n) is 6.45. The minimum Gasteiger partial charge on any atom is -0.465 e. The van der Waals surface area contributed by atoms with Crippen LogP contribution in [0.15, 0.2) is 34.9 Å². The summed E-state index contributed by atoms with van der Waals surface area (Å²) in [5, 5.41) is 3.17. The van der Waals surface area contributed by atoms with Crippen molar-refractivity contribution in [3.05, 3.63) is 46.1 Å². The van der Waals surface area contributed by atoms with Crippen molar-refractivity contribution in [2.45, 2.75) is 13.3 Å². The Labute approximate surface area is 131 Å². The molecule has 0 bridgehead atoms. The molecule has 3 N–H and O–H groups in total. The van der Waals surface area contributed by atoms with E-state index in [2.05, 4.69) is 33.2 Å². The molecule has 1 aromatic carbocycles. The smallest absolute Gasteiger partial charge is 0.340 e. The zero-order valence-electron chi connectivity index (χ0n) is 11.8. The summed E-state index contributed by atoms with van der Waals surface area (Å²) in [5.41, 5.74) is 8.59. The third kappa shape index (κ3) is 3.33. The number of ether oxygens (including phenoxy) is 1. The number of rotatable bonds is 4. The van der Waals surface area contributed by atoms with E-state index in [1.165, 1.54) is 19.4 Å². The summed E-state index contributed by atoms with van der Waals surface area (Å²) < 4.78 is 5.71. The van der Waals surface area contributed by atoms with Crippen molar-refractivity contribution in [3.8, 4) is 0 Å².